The van der Waals surface area contributed by atoms with E-state index in [0.717, 1.165) is 55.1 Å². The van der Waals surface area contributed by atoms with Gasteiger partial charge in [-0.1, -0.05) is 17.3 Å². The minimum atomic E-state index is 0.122. The third kappa shape index (κ3) is 2.64. The molecule has 1 N–H and O–H groups in total. The van der Waals surface area contributed by atoms with E-state index >= 15 is 0 Å². The second-order valence-electron chi connectivity index (χ2n) is 5.40. The van der Waals surface area contributed by atoms with E-state index in [2.05, 4.69) is 17.1 Å². The van der Waals surface area contributed by atoms with Crippen LogP contribution in [0.3, 0.4) is 0 Å². The van der Waals surface area contributed by atoms with Gasteiger partial charge in [-0.3, -0.25) is 0 Å². The van der Waals surface area contributed by atoms with E-state index in [1.54, 1.807) is 0 Å². The number of hydrogen-bond acceptors (Lipinski definition) is 5. The van der Waals surface area contributed by atoms with Gasteiger partial charge in [0.1, 0.15) is 18.5 Å². The number of rotatable bonds is 3. The average molecular weight is 276 g/mol. The van der Waals surface area contributed by atoms with Gasteiger partial charge in [-0.05, 0) is 26.0 Å². The van der Waals surface area contributed by atoms with E-state index in [1.165, 1.54) is 0 Å². The normalized spacial score (nSPS) is 24.9. The van der Waals surface area contributed by atoms with Gasteiger partial charge in [0.05, 0.1) is 12.3 Å². The van der Waals surface area contributed by atoms with Crippen LogP contribution in [0.5, 0.6) is 5.75 Å². The molecule has 5 nitrogen and oxygen atoms in total. The Bertz CT molecular complexity index is 516. The Morgan fingerprint density at radius 2 is 2.35 bits per heavy atom. The van der Waals surface area contributed by atoms with Crippen LogP contribution in [0.25, 0.3) is 0 Å². The standard InChI is InChI=1S/C15H20N2O3/c1-17-7-8-19-11(9-17)10-20-15-4-2-3-12-13(15)5-6-14(12)16-18/h2-4,11,18H,5-10H2,1H3. The number of oxime groups is 1. The number of fused-ring (bicyclic) bond motifs is 1. The summed E-state index contributed by atoms with van der Waals surface area (Å²) in [6.07, 6.45) is 1.77. The minimum absolute atomic E-state index is 0.122. The molecule has 0 bridgehead atoms. The highest BCUT2D eigenvalue weighted by atomic mass is 16.5. The predicted molar refractivity (Wildman–Crippen MR) is 75.8 cm³/mol. The van der Waals surface area contributed by atoms with Crippen LogP contribution in [-0.2, 0) is 11.2 Å². The highest BCUT2D eigenvalue weighted by Gasteiger charge is 2.23. The first-order valence-electron chi connectivity index (χ1n) is 7.04. The van der Waals surface area contributed by atoms with Crippen LogP contribution in [0.1, 0.15) is 17.5 Å². The molecule has 2 aliphatic rings. The SMILES string of the molecule is CN1CCOC(COc2cccc3c2CCC3=NO)C1. The van der Waals surface area contributed by atoms with Crippen LogP contribution >= 0.6 is 0 Å². The highest BCUT2D eigenvalue weighted by molar-refractivity contribution is 6.04. The molecule has 108 valence electrons. The Morgan fingerprint density at radius 1 is 1.45 bits per heavy atom. The van der Waals surface area contributed by atoms with Crippen molar-refractivity contribution in [2.45, 2.75) is 18.9 Å². The second-order valence-corrected chi connectivity index (χ2v) is 5.40. The number of hydrogen-bond donors (Lipinski definition) is 1. The molecule has 1 atom stereocenters. The molecule has 0 amide bonds. The molecule has 5 heteroatoms. The van der Waals surface area contributed by atoms with Crippen LogP contribution in [0.4, 0.5) is 0 Å². The van der Waals surface area contributed by atoms with E-state index in [4.69, 9.17) is 14.7 Å². The molecule has 1 aliphatic carbocycles. The fraction of sp³-hybridized carbons (Fsp3) is 0.533. The van der Waals surface area contributed by atoms with Crippen molar-refractivity contribution in [3.8, 4) is 5.75 Å². The average Bonchev–Trinajstić information content (AvgIpc) is 2.89. The Labute approximate surface area is 118 Å². The van der Waals surface area contributed by atoms with Crippen LogP contribution in [0, 0.1) is 0 Å². The summed E-state index contributed by atoms with van der Waals surface area (Å²) in [7, 11) is 2.10. The van der Waals surface area contributed by atoms with Gasteiger partial charge < -0.3 is 19.6 Å². The van der Waals surface area contributed by atoms with Gasteiger partial charge in [0.15, 0.2) is 0 Å². The van der Waals surface area contributed by atoms with Crippen molar-refractivity contribution in [1.29, 1.82) is 0 Å². The fourth-order valence-electron chi connectivity index (χ4n) is 2.86. The van der Waals surface area contributed by atoms with Gasteiger partial charge in [0, 0.05) is 24.2 Å². The van der Waals surface area contributed by atoms with E-state index in [0.29, 0.717) is 6.61 Å². The molecule has 0 saturated carbocycles. The van der Waals surface area contributed by atoms with Gasteiger partial charge >= 0.3 is 0 Å². The zero-order valence-electron chi connectivity index (χ0n) is 11.7. The molecule has 0 radical (unpaired) electrons. The molecule has 3 rings (SSSR count). The van der Waals surface area contributed by atoms with Gasteiger partial charge in [-0.2, -0.15) is 0 Å². The predicted octanol–water partition coefficient (Wildman–Crippen LogP) is 1.52. The lowest BCUT2D eigenvalue weighted by Crippen LogP contribution is -2.42. The van der Waals surface area contributed by atoms with Crippen LogP contribution in [0.2, 0.25) is 0 Å². The fourth-order valence-corrected chi connectivity index (χ4v) is 2.86. The zero-order chi connectivity index (χ0) is 13.9. The Morgan fingerprint density at radius 3 is 3.15 bits per heavy atom. The molecule has 0 aromatic heterocycles. The Hall–Kier alpha value is -1.59. The van der Waals surface area contributed by atoms with Crippen molar-refractivity contribution in [2.24, 2.45) is 5.16 Å². The molecule has 1 unspecified atom stereocenters. The summed E-state index contributed by atoms with van der Waals surface area (Å²) in [4.78, 5) is 2.25. The topological polar surface area (TPSA) is 54.3 Å². The van der Waals surface area contributed by atoms with Crippen molar-refractivity contribution in [3.63, 3.8) is 0 Å². The summed E-state index contributed by atoms with van der Waals surface area (Å²) >= 11 is 0. The molecule has 1 fully saturated rings. The van der Waals surface area contributed by atoms with E-state index in [-0.39, 0.29) is 6.10 Å². The van der Waals surface area contributed by atoms with Crippen molar-refractivity contribution in [1.82, 2.24) is 4.90 Å². The van der Waals surface area contributed by atoms with Crippen molar-refractivity contribution in [3.05, 3.63) is 29.3 Å². The smallest absolute Gasteiger partial charge is 0.123 e. The van der Waals surface area contributed by atoms with E-state index in [9.17, 15) is 0 Å². The maximum absolute atomic E-state index is 8.99. The first-order chi connectivity index (χ1) is 9.78. The second kappa shape index (κ2) is 5.81. The van der Waals surface area contributed by atoms with Crippen molar-refractivity contribution >= 4 is 5.71 Å². The molecular formula is C15H20N2O3. The maximum atomic E-state index is 8.99. The molecule has 1 aromatic carbocycles. The number of ether oxygens (including phenoxy) is 2. The van der Waals surface area contributed by atoms with Crippen molar-refractivity contribution < 1.29 is 14.7 Å². The van der Waals surface area contributed by atoms with Crippen LogP contribution in [0.15, 0.2) is 23.4 Å². The lowest BCUT2D eigenvalue weighted by atomic mass is 10.1. The lowest BCUT2D eigenvalue weighted by Gasteiger charge is -2.30. The summed E-state index contributed by atoms with van der Waals surface area (Å²) in [6.45, 7) is 3.21. The van der Waals surface area contributed by atoms with Crippen LogP contribution in [-0.4, -0.2) is 55.3 Å². The van der Waals surface area contributed by atoms with Crippen molar-refractivity contribution in [2.75, 3.05) is 33.4 Å². The first-order valence-corrected chi connectivity index (χ1v) is 7.04. The first kappa shape index (κ1) is 13.4. The zero-order valence-corrected chi connectivity index (χ0v) is 11.7. The Balaban J connectivity index is 1.68. The number of likely N-dealkylation sites (N-methyl/N-ethyl adjacent to an activating group) is 1. The van der Waals surface area contributed by atoms with Gasteiger partial charge in [0.25, 0.3) is 0 Å². The molecule has 1 saturated heterocycles. The molecule has 20 heavy (non-hydrogen) atoms. The number of benzene rings is 1. The molecule has 1 aromatic rings. The third-order valence-corrected chi connectivity index (χ3v) is 3.94. The lowest BCUT2D eigenvalue weighted by molar-refractivity contribution is -0.0404. The minimum Gasteiger partial charge on any atom is -0.491 e. The van der Waals surface area contributed by atoms with Gasteiger partial charge in [-0.15, -0.1) is 0 Å². The molecule has 1 heterocycles. The third-order valence-electron chi connectivity index (χ3n) is 3.94. The highest BCUT2D eigenvalue weighted by Crippen LogP contribution is 2.31. The number of nitrogens with zero attached hydrogens (tertiary/aromatic N) is 2. The maximum Gasteiger partial charge on any atom is 0.123 e. The monoisotopic (exact) mass is 276 g/mol. The summed E-state index contributed by atoms with van der Waals surface area (Å²) in [5.74, 6) is 0.887. The number of morpholine rings is 1. The summed E-state index contributed by atoms with van der Waals surface area (Å²) in [5.41, 5.74) is 2.90. The summed E-state index contributed by atoms with van der Waals surface area (Å²) in [5, 5.41) is 12.3. The summed E-state index contributed by atoms with van der Waals surface area (Å²) in [6, 6.07) is 5.90. The molecule has 1 aliphatic heterocycles. The Kier molecular flexibility index (Phi) is 3.89. The quantitative estimate of drug-likeness (QED) is 0.672. The van der Waals surface area contributed by atoms with Gasteiger partial charge in [0.2, 0.25) is 0 Å². The summed E-state index contributed by atoms with van der Waals surface area (Å²) < 4.78 is 11.6. The molecule has 0 spiro atoms. The molecular weight excluding hydrogens is 256 g/mol. The van der Waals surface area contributed by atoms with Crippen LogP contribution < -0.4 is 4.74 Å². The van der Waals surface area contributed by atoms with Gasteiger partial charge in [-0.25, -0.2) is 0 Å². The van der Waals surface area contributed by atoms with E-state index in [1.807, 2.05) is 18.2 Å². The largest absolute Gasteiger partial charge is 0.491 e. The van der Waals surface area contributed by atoms with E-state index < -0.39 is 0 Å².